The average Bonchev–Trinajstić information content (AvgIpc) is 2.39. The molecule has 1 heterocycles. The van der Waals surface area contributed by atoms with E-state index >= 15 is 0 Å². The highest BCUT2D eigenvalue weighted by Gasteiger charge is 2.03. The number of benzene rings is 1. The summed E-state index contributed by atoms with van der Waals surface area (Å²) in [5.41, 5.74) is 7.12. The van der Waals surface area contributed by atoms with E-state index in [0.717, 1.165) is 5.69 Å². The van der Waals surface area contributed by atoms with Crippen molar-refractivity contribution in [2.24, 2.45) is 0 Å². The van der Waals surface area contributed by atoms with E-state index in [0.29, 0.717) is 29.6 Å². The molecule has 0 aliphatic carbocycles. The second-order valence-electron chi connectivity index (χ2n) is 3.84. The van der Waals surface area contributed by atoms with Gasteiger partial charge in [0.1, 0.15) is 18.2 Å². The second kappa shape index (κ2) is 5.80. The first-order valence-electron chi connectivity index (χ1n) is 5.61. The summed E-state index contributed by atoms with van der Waals surface area (Å²) in [5, 5.41) is 11.8. The van der Waals surface area contributed by atoms with Gasteiger partial charge in [0.15, 0.2) is 5.82 Å². The number of nitriles is 1. The molecule has 2 rings (SSSR count). The van der Waals surface area contributed by atoms with Crippen LogP contribution in [0.15, 0.2) is 30.3 Å². The Morgan fingerprint density at radius 3 is 2.68 bits per heavy atom. The molecule has 1 aromatic heterocycles. The van der Waals surface area contributed by atoms with E-state index in [1.165, 1.54) is 0 Å². The standard InChI is InChI=1S/C13H13N5O/c1-19-8-13-17-11(15)6-12(18-13)16-10-4-2-9(7-14)3-5-10/h2-6H,8H2,1H3,(H3,15,16,17,18). The molecule has 19 heavy (non-hydrogen) atoms. The number of methoxy groups -OCH3 is 1. The van der Waals surface area contributed by atoms with Gasteiger partial charge in [-0.1, -0.05) is 0 Å². The molecule has 2 aromatic rings. The monoisotopic (exact) mass is 255 g/mol. The predicted octanol–water partition coefficient (Wildman–Crippen LogP) is 1.82. The molecule has 0 spiro atoms. The van der Waals surface area contributed by atoms with Crippen LogP contribution in [0.3, 0.4) is 0 Å². The van der Waals surface area contributed by atoms with Gasteiger partial charge in [-0.15, -0.1) is 0 Å². The first-order chi connectivity index (χ1) is 9.21. The highest BCUT2D eigenvalue weighted by atomic mass is 16.5. The Morgan fingerprint density at radius 1 is 1.32 bits per heavy atom. The summed E-state index contributed by atoms with van der Waals surface area (Å²) in [6.07, 6.45) is 0. The van der Waals surface area contributed by atoms with Crippen LogP contribution in [0, 0.1) is 11.3 Å². The average molecular weight is 255 g/mol. The zero-order chi connectivity index (χ0) is 13.7. The van der Waals surface area contributed by atoms with Crippen molar-refractivity contribution in [2.75, 3.05) is 18.2 Å². The van der Waals surface area contributed by atoms with Crippen LogP contribution < -0.4 is 11.1 Å². The van der Waals surface area contributed by atoms with Crippen LogP contribution in [0.5, 0.6) is 0 Å². The first-order valence-corrected chi connectivity index (χ1v) is 5.61. The molecule has 0 fully saturated rings. The molecular formula is C13H13N5O. The van der Waals surface area contributed by atoms with Crippen LogP contribution in [0.4, 0.5) is 17.3 Å². The van der Waals surface area contributed by atoms with E-state index in [9.17, 15) is 0 Å². The summed E-state index contributed by atoms with van der Waals surface area (Å²) in [6.45, 7) is 0.299. The van der Waals surface area contributed by atoms with Crippen molar-refractivity contribution < 1.29 is 4.74 Å². The molecule has 0 radical (unpaired) electrons. The smallest absolute Gasteiger partial charge is 0.158 e. The lowest BCUT2D eigenvalue weighted by molar-refractivity contribution is 0.178. The Morgan fingerprint density at radius 2 is 2.05 bits per heavy atom. The number of aromatic nitrogens is 2. The molecule has 0 amide bonds. The lowest BCUT2D eigenvalue weighted by Gasteiger charge is -2.08. The molecule has 0 bridgehead atoms. The second-order valence-corrected chi connectivity index (χ2v) is 3.84. The van der Waals surface area contributed by atoms with Crippen LogP contribution in [0.25, 0.3) is 0 Å². The van der Waals surface area contributed by atoms with Gasteiger partial charge in [-0.25, -0.2) is 9.97 Å². The van der Waals surface area contributed by atoms with Gasteiger partial charge < -0.3 is 15.8 Å². The number of ether oxygens (including phenoxy) is 1. The Balaban J connectivity index is 2.20. The highest BCUT2D eigenvalue weighted by Crippen LogP contribution is 2.17. The number of nitrogens with one attached hydrogen (secondary N) is 1. The summed E-state index contributed by atoms with van der Waals surface area (Å²) in [5.74, 6) is 1.47. The third kappa shape index (κ3) is 3.40. The van der Waals surface area contributed by atoms with Crippen LogP contribution in [-0.4, -0.2) is 17.1 Å². The van der Waals surface area contributed by atoms with Gasteiger partial charge in [0.05, 0.1) is 11.6 Å². The SMILES string of the molecule is COCc1nc(N)cc(Nc2ccc(C#N)cc2)n1. The van der Waals surface area contributed by atoms with Crippen molar-refractivity contribution in [3.8, 4) is 6.07 Å². The Bertz CT molecular complexity index is 603. The number of anilines is 3. The molecule has 0 saturated heterocycles. The fraction of sp³-hybridized carbons (Fsp3) is 0.154. The summed E-state index contributed by atoms with van der Waals surface area (Å²) in [4.78, 5) is 8.32. The van der Waals surface area contributed by atoms with E-state index in [-0.39, 0.29) is 0 Å². The van der Waals surface area contributed by atoms with Crippen molar-refractivity contribution in [3.05, 3.63) is 41.7 Å². The van der Waals surface area contributed by atoms with Crippen LogP contribution in [-0.2, 0) is 11.3 Å². The van der Waals surface area contributed by atoms with Crippen molar-refractivity contribution in [1.29, 1.82) is 5.26 Å². The number of nitrogens with zero attached hydrogens (tertiary/aromatic N) is 3. The van der Waals surface area contributed by atoms with E-state index in [1.54, 1.807) is 37.4 Å². The maximum atomic E-state index is 8.73. The quantitative estimate of drug-likeness (QED) is 0.864. The van der Waals surface area contributed by atoms with Gasteiger partial charge in [0.2, 0.25) is 0 Å². The van der Waals surface area contributed by atoms with Gasteiger partial charge in [0, 0.05) is 18.9 Å². The highest BCUT2D eigenvalue weighted by molar-refractivity contribution is 5.59. The number of nitrogens with two attached hydrogens (primary N) is 1. The van der Waals surface area contributed by atoms with Gasteiger partial charge in [-0.05, 0) is 24.3 Å². The van der Waals surface area contributed by atoms with E-state index in [4.69, 9.17) is 15.7 Å². The van der Waals surface area contributed by atoms with Crippen LogP contribution in [0.1, 0.15) is 11.4 Å². The Labute approximate surface area is 110 Å². The molecule has 1 aromatic carbocycles. The van der Waals surface area contributed by atoms with Crippen molar-refractivity contribution >= 4 is 17.3 Å². The number of hydrogen-bond donors (Lipinski definition) is 2. The first kappa shape index (κ1) is 12.8. The lowest BCUT2D eigenvalue weighted by atomic mass is 10.2. The molecule has 0 unspecified atom stereocenters. The van der Waals surface area contributed by atoms with Crippen LogP contribution in [0.2, 0.25) is 0 Å². The van der Waals surface area contributed by atoms with Crippen LogP contribution >= 0.6 is 0 Å². The maximum absolute atomic E-state index is 8.73. The van der Waals surface area contributed by atoms with Gasteiger partial charge in [-0.3, -0.25) is 0 Å². The molecule has 96 valence electrons. The minimum Gasteiger partial charge on any atom is -0.384 e. The predicted molar refractivity (Wildman–Crippen MR) is 71.6 cm³/mol. The van der Waals surface area contributed by atoms with E-state index in [1.807, 2.05) is 0 Å². The molecular weight excluding hydrogens is 242 g/mol. The third-order valence-corrected chi connectivity index (χ3v) is 2.35. The largest absolute Gasteiger partial charge is 0.384 e. The fourth-order valence-electron chi connectivity index (χ4n) is 1.55. The molecule has 3 N–H and O–H groups in total. The Kier molecular flexibility index (Phi) is 3.90. The van der Waals surface area contributed by atoms with Gasteiger partial charge in [0.25, 0.3) is 0 Å². The summed E-state index contributed by atoms with van der Waals surface area (Å²) < 4.78 is 4.97. The normalized spacial score (nSPS) is 9.89. The molecule has 6 heteroatoms. The molecule has 0 aliphatic rings. The number of nitrogen functional groups attached to an aromatic ring is 1. The maximum Gasteiger partial charge on any atom is 0.158 e. The zero-order valence-corrected chi connectivity index (χ0v) is 10.4. The molecule has 0 atom stereocenters. The van der Waals surface area contributed by atoms with Gasteiger partial charge in [-0.2, -0.15) is 5.26 Å². The van der Waals surface area contributed by atoms with E-state index < -0.39 is 0 Å². The number of rotatable bonds is 4. The fourth-order valence-corrected chi connectivity index (χ4v) is 1.55. The molecule has 0 saturated carbocycles. The minimum absolute atomic E-state index is 0.299. The molecule has 0 aliphatic heterocycles. The van der Waals surface area contributed by atoms with Crippen molar-refractivity contribution in [3.63, 3.8) is 0 Å². The summed E-state index contributed by atoms with van der Waals surface area (Å²) in [6, 6.07) is 10.7. The Hall–Kier alpha value is -2.65. The zero-order valence-electron chi connectivity index (χ0n) is 10.4. The topological polar surface area (TPSA) is 96.9 Å². The van der Waals surface area contributed by atoms with Crippen molar-refractivity contribution in [1.82, 2.24) is 9.97 Å². The van der Waals surface area contributed by atoms with Gasteiger partial charge >= 0.3 is 0 Å². The third-order valence-electron chi connectivity index (χ3n) is 2.35. The van der Waals surface area contributed by atoms with Crippen molar-refractivity contribution in [2.45, 2.75) is 6.61 Å². The summed E-state index contributed by atoms with van der Waals surface area (Å²) in [7, 11) is 1.57. The van der Waals surface area contributed by atoms with E-state index in [2.05, 4.69) is 21.4 Å². The lowest BCUT2D eigenvalue weighted by Crippen LogP contribution is -2.04. The summed E-state index contributed by atoms with van der Waals surface area (Å²) >= 11 is 0. The minimum atomic E-state index is 0.299. The number of hydrogen-bond acceptors (Lipinski definition) is 6. The molecule has 6 nitrogen and oxygen atoms in total.